The van der Waals surface area contributed by atoms with Gasteiger partial charge >= 0.3 is 12.1 Å². The molecule has 3 aromatic carbocycles. The fourth-order valence-corrected chi connectivity index (χ4v) is 6.10. The van der Waals surface area contributed by atoms with Crippen LogP contribution in [0.2, 0.25) is 0 Å². The predicted molar refractivity (Wildman–Crippen MR) is 207 cm³/mol. The highest BCUT2D eigenvalue weighted by Gasteiger charge is 2.38. The predicted octanol–water partition coefficient (Wildman–Crippen LogP) is 7.66. The van der Waals surface area contributed by atoms with Crippen molar-refractivity contribution in [1.82, 2.24) is 15.5 Å². The number of ether oxygens (including phenoxy) is 2. The fraction of sp³-hybridized carbons (Fsp3) is 0.488. The highest BCUT2D eigenvalue weighted by molar-refractivity contribution is 5.94. The Hall–Kier alpha value is -4.86. The second-order valence-electron chi connectivity index (χ2n) is 15.8. The normalized spacial score (nSPS) is 13.3. The molecule has 3 unspecified atom stereocenters. The molecule has 10 nitrogen and oxygen atoms in total. The highest BCUT2D eigenvalue weighted by Crippen LogP contribution is 2.27. The van der Waals surface area contributed by atoms with E-state index >= 15 is 4.79 Å². The van der Waals surface area contributed by atoms with Crippen LogP contribution in [0.5, 0.6) is 5.75 Å². The summed E-state index contributed by atoms with van der Waals surface area (Å²) in [6, 6.07) is 18.2. The Balaban J connectivity index is 2.16. The molecule has 0 bridgehead atoms. The standard InChI is InChI=1S/C43H59N3O7/c1-10-11-12-16-23-46(39(49)35(45-41(51)53-43(7,8)9)27-32-19-21-34(47)22-20-32)37(33-25-29(2)24-30(3)26-33)38(48)44-36(40(50)52-42(4,5)6)28-31-17-14-13-15-18-31/h13-15,17-22,24-26,35-37,47H,10-12,16,23,27-28H2,1-9H3,(H,44,48)(H,45,51). The highest BCUT2D eigenvalue weighted by atomic mass is 16.6. The van der Waals surface area contributed by atoms with E-state index < -0.39 is 53.2 Å². The molecule has 3 N–H and O–H groups in total. The molecule has 0 aromatic heterocycles. The molecule has 288 valence electrons. The van der Waals surface area contributed by atoms with Crippen LogP contribution in [0.4, 0.5) is 4.79 Å². The minimum atomic E-state index is -1.16. The smallest absolute Gasteiger partial charge is 0.408 e. The van der Waals surface area contributed by atoms with Gasteiger partial charge in [-0.25, -0.2) is 9.59 Å². The van der Waals surface area contributed by atoms with E-state index in [0.717, 1.165) is 36.0 Å². The number of aryl methyl sites for hydroxylation is 2. The van der Waals surface area contributed by atoms with Crippen molar-refractivity contribution < 1.29 is 33.8 Å². The van der Waals surface area contributed by atoms with Crippen molar-refractivity contribution in [2.45, 2.75) is 130 Å². The van der Waals surface area contributed by atoms with Crippen LogP contribution in [0.3, 0.4) is 0 Å². The van der Waals surface area contributed by atoms with Crippen molar-refractivity contribution in [1.29, 1.82) is 0 Å². The zero-order valence-electron chi connectivity index (χ0n) is 33.0. The number of carbonyl (C=O) groups is 4. The first-order valence-corrected chi connectivity index (χ1v) is 18.6. The molecule has 3 aromatic rings. The number of alkyl carbamates (subject to hydrolysis) is 1. The van der Waals surface area contributed by atoms with Crippen LogP contribution < -0.4 is 10.6 Å². The molecular formula is C43H59N3O7. The first-order valence-electron chi connectivity index (χ1n) is 18.6. The lowest BCUT2D eigenvalue weighted by atomic mass is 9.96. The Morgan fingerprint density at radius 1 is 0.717 bits per heavy atom. The molecule has 53 heavy (non-hydrogen) atoms. The third kappa shape index (κ3) is 14.6. The number of amides is 3. The minimum absolute atomic E-state index is 0.0656. The van der Waals surface area contributed by atoms with Crippen molar-refractivity contribution in [2.75, 3.05) is 6.54 Å². The Morgan fingerprint density at radius 3 is 1.85 bits per heavy atom. The molecule has 0 radical (unpaired) electrons. The van der Waals surface area contributed by atoms with Crippen LogP contribution in [0.1, 0.15) is 108 Å². The summed E-state index contributed by atoms with van der Waals surface area (Å²) in [4.78, 5) is 58.3. The van der Waals surface area contributed by atoms with Crippen LogP contribution >= 0.6 is 0 Å². The summed E-state index contributed by atoms with van der Waals surface area (Å²) < 4.78 is 11.4. The zero-order valence-corrected chi connectivity index (χ0v) is 33.0. The van der Waals surface area contributed by atoms with Crippen molar-refractivity contribution in [3.05, 3.63) is 101 Å². The van der Waals surface area contributed by atoms with Crippen molar-refractivity contribution >= 4 is 23.9 Å². The summed E-state index contributed by atoms with van der Waals surface area (Å²) in [5, 5.41) is 15.7. The molecule has 0 aliphatic heterocycles. The Kier molecular flexibility index (Phi) is 15.5. The number of hydrogen-bond acceptors (Lipinski definition) is 7. The lowest BCUT2D eigenvalue weighted by Gasteiger charge is -2.36. The van der Waals surface area contributed by atoms with Crippen LogP contribution in [0.25, 0.3) is 0 Å². The van der Waals surface area contributed by atoms with Crippen LogP contribution in [0, 0.1) is 13.8 Å². The van der Waals surface area contributed by atoms with Gasteiger partial charge in [0, 0.05) is 19.4 Å². The maximum atomic E-state index is 15.0. The topological polar surface area (TPSA) is 134 Å². The van der Waals surface area contributed by atoms with Crippen molar-refractivity contribution in [3.63, 3.8) is 0 Å². The van der Waals surface area contributed by atoms with E-state index in [0.29, 0.717) is 17.5 Å². The summed E-state index contributed by atoms with van der Waals surface area (Å²) in [6.07, 6.45) is 2.79. The van der Waals surface area contributed by atoms with Gasteiger partial charge in [-0.2, -0.15) is 0 Å². The maximum Gasteiger partial charge on any atom is 0.408 e. The van der Waals surface area contributed by atoms with E-state index in [-0.39, 0.29) is 25.1 Å². The van der Waals surface area contributed by atoms with Gasteiger partial charge in [0.05, 0.1) is 0 Å². The van der Waals surface area contributed by atoms with Gasteiger partial charge in [-0.3, -0.25) is 9.59 Å². The summed E-state index contributed by atoms with van der Waals surface area (Å²) in [6.45, 7) is 16.7. The van der Waals surface area contributed by atoms with E-state index in [1.807, 2.05) is 62.4 Å². The fourth-order valence-electron chi connectivity index (χ4n) is 6.10. The number of rotatable bonds is 16. The average molecular weight is 730 g/mol. The summed E-state index contributed by atoms with van der Waals surface area (Å²) in [7, 11) is 0. The molecule has 3 amide bonds. The second-order valence-corrected chi connectivity index (χ2v) is 15.8. The number of nitrogens with zero attached hydrogens (tertiary/aromatic N) is 1. The van der Waals surface area contributed by atoms with Crippen LogP contribution in [-0.2, 0) is 36.7 Å². The molecule has 0 fully saturated rings. The Labute approximate surface area is 315 Å². The SMILES string of the molecule is CCCCCCN(C(=O)C(Cc1ccc(O)cc1)NC(=O)OC(C)(C)C)C(C(=O)NC(Cc1ccccc1)C(=O)OC(C)(C)C)c1cc(C)cc(C)c1. The van der Waals surface area contributed by atoms with Gasteiger partial charge in [-0.1, -0.05) is 98.0 Å². The van der Waals surface area contributed by atoms with E-state index in [1.54, 1.807) is 53.7 Å². The summed E-state index contributed by atoms with van der Waals surface area (Å²) in [5.41, 5.74) is 2.26. The van der Waals surface area contributed by atoms with Crippen molar-refractivity contribution in [2.24, 2.45) is 0 Å². The van der Waals surface area contributed by atoms with Gasteiger partial charge in [0.15, 0.2) is 0 Å². The lowest BCUT2D eigenvalue weighted by Crippen LogP contribution is -2.55. The number of esters is 1. The first-order chi connectivity index (χ1) is 24.8. The Morgan fingerprint density at radius 2 is 1.28 bits per heavy atom. The number of phenolic OH excluding ortho intramolecular Hbond substituents is 1. The summed E-state index contributed by atoms with van der Waals surface area (Å²) >= 11 is 0. The molecule has 3 atom stereocenters. The van der Waals surface area contributed by atoms with E-state index in [9.17, 15) is 19.5 Å². The van der Waals surface area contributed by atoms with Gasteiger partial charge in [-0.15, -0.1) is 0 Å². The molecule has 0 saturated heterocycles. The zero-order chi connectivity index (χ0) is 39.3. The van der Waals surface area contributed by atoms with E-state index in [2.05, 4.69) is 17.6 Å². The average Bonchev–Trinajstić information content (AvgIpc) is 3.04. The second kappa shape index (κ2) is 19.3. The van der Waals surface area contributed by atoms with Crippen molar-refractivity contribution in [3.8, 4) is 5.75 Å². The molecule has 0 aliphatic carbocycles. The van der Waals surface area contributed by atoms with Gasteiger partial charge in [0.2, 0.25) is 11.8 Å². The van der Waals surface area contributed by atoms with Crippen LogP contribution in [0.15, 0.2) is 72.8 Å². The largest absolute Gasteiger partial charge is 0.508 e. The number of aromatic hydroxyl groups is 1. The molecule has 10 heteroatoms. The number of hydrogen-bond donors (Lipinski definition) is 3. The maximum absolute atomic E-state index is 15.0. The van der Waals surface area contributed by atoms with Gasteiger partial charge in [-0.05, 0) is 90.6 Å². The monoisotopic (exact) mass is 729 g/mol. The molecule has 0 aliphatic rings. The molecule has 0 heterocycles. The molecular weight excluding hydrogens is 670 g/mol. The van der Waals surface area contributed by atoms with Crippen LogP contribution in [-0.4, -0.2) is 63.7 Å². The third-order valence-electron chi connectivity index (χ3n) is 8.31. The quantitative estimate of drug-likeness (QED) is 0.102. The Bertz CT molecular complexity index is 1640. The van der Waals surface area contributed by atoms with Gasteiger partial charge in [0.1, 0.15) is 35.1 Å². The van der Waals surface area contributed by atoms with E-state index in [4.69, 9.17) is 9.47 Å². The lowest BCUT2D eigenvalue weighted by molar-refractivity contribution is -0.159. The molecule has 0 spiro atoms. The van der Waals surface area contributed by atoms with Gasteiger partial charge < -0.3 is 30.1 Å². The first kappa shape index (κ1) is 42.6. The number of nitrogens with one attached hydrogen (secondary N) is 2. The molecule has 3 rings (SSSR count). The molecule has 0 saturated carbocycles. The number of phenols is 1. The summed E-state index contributed by atoms with van der Waals surface area (Å²) in [5.74, 6) is -1.56. The number of benzene rings is 3. The number of carbonyl (C=O) groups excluding carboxylic acids is 4. The number of unbranched alkanes of at least 4 members (excludes halogenated alkanes) is 3. The third-order valence-corrected chi connectivity index (χ3v) is 8.31. The minimum Gasteiger partial charge on any atom is -0.508 e. The van der Waals surface area contributed by atoms with E-state index in [1.165, 1.54) is 17.0 Å². The van der Waals surface area contributed by atoms with Gasteiger partial charge in [0.25, 0.3) is 0 Å².